The van der Waals surface area contributed by atoms with Crippen LogP contribution in [0.1, 0.15) is 12.8 Å². The van der Waals surface area contributed by atoms with Crippen LogP contribution >= 0.6 is 0 Å². The van der Waals surface area contributed by atoms with Gasteiger partial charge in [0.25, 0.3) is 0 Å². The number of ether oxygens (including phenoxy) is 1. The molecular formula is C19H26N4O3. The molecule has 0 spiro atoms. The number of piperidine rings is 1. The first-order chi connectivity index (χ1) is 12.7. The molecule has 1 aromatic heterocycles. The molecular weight excluding hydrogens is 332 g/mol. The van der Waals surface area contributed by atoms with E-state index in [9.17, 15) is 9.90 Å². The van der Waals surface area contributed by atoms with Crippen molar-refractivity contribution in [1.82, 2.24) is 14.5 Å². The van der Waals surface area contributed by atoms with Gasteiger partial charge in [-0.05, 0) is 25.0 Å². The largest absolute Gasteiger partial charge is 0.481 e. The maximum Gasteiger partial charge on any atom is 0.308 e. The molecule has 0 bridgehead atoms. The molecule has 0 saturated carbocycles. The molecule has 7 heteroatoms. The lowest BCUT2D eigenvalue weighted by Gasteiger charge is -2.32. The minimum Gasteiger partial charge on any atom is -0.481 e. The lowest BCUT2D eigenvalue weighted by molar-refractivity contribution is -0.141. The van der Waals surface area contributed by atoms with Crippen LogP contribution in [0.15, 0.2) is 24.3 Å². The number of hydrogen-bond donors (Lipinski definition) is 1. The molecule has 0 radical (unpaired) electrons. The predicted octanol–water partition coefficient (Wildman–Crippen LogP) is 1.67. The first-order valence-electron chi connectivity index (χ1n) is 9.45. The van der Waals surface area contributed by atoms with Crippen LogP contribution < -0.4 is 4.90 Å². The van der Waals surface area contributed by atoms with E-state index in [1.54, 1.807) is 0 Å². The molecule has 0 aliphatic carbocycles. The molecule has 1 aromatic carbocycles. The summed E-state index contributed by atoms with van der Waals surface area (Å²) in [6, 6.07) is 8.17. The van der Waals surface area contributed by atoms with Gasteiger partial charge in [-0.15, -0.1) is 0 Å². The zero-order valence-corrected chi connectivity index (χ0v) is 15.0. The van der Waals surface area contributed by atoms with E-state index in [-0.39, 0.29) is 5.92 Å². The van der Waals surface area contributed by atoms with Crippen molar-refractivity contribution in [3.63, 3.8) is 0 Å². The summed E-state index contributed by atoms with van der Waals surface area (Å²) in [6.07, 6.45) is 1.64. The summed E-state index contributed by atoms with van der Waals surface area (Å²) >= 11 is 0. The van der Waals surface area contributed by atoms with Crippen LogP contribution in [0.2, 0.25) is 0 Å². The highest BCUT2D eigenvalue weighted by Gasteiger charge is 2.28. The Morgan fingerprint density at radius 1 is 1.19 bits per heavy atom. The number of fused-ring (bicyclic) bond motifs is 1. The fourth-order valence-electron chi connectivity index (χ4n) is 3.95. The number of carboxylic acids is 1. The lowest BCUT2D eigenvalue weighted by atomic mass is 9.99. The SMILES string of the molecule is O=C(O)C1CCCN(c2nc3ccccc3n2CCN2CCOCC2)C1. The Morgan fingerprint density at radius 3 is 2.81 bits per heavy atom. The number of aliphatic carboxylic acids is 1. The summed E-state index contributed by atoms with van der Waals surface area (Å²) in [6.45, 7) is 6.73. The van der Waals surface area contributed by atoms with Crippen molar-refractivity contribution in [2.75, 3.05) is 50.8 Å². The van der Waals surface area contributed by atoms with E-state index in [1.165, 1.54) is 0 Å². The van der Waals surface area contributed by atoms with Gasteiger partial charge in [0.1, 0.15) is 0 Å². The van der Waals surface area contributed by atoms with Crippen LogP contribution in [0.25, 0.3) is 11.0 Å². The minimum atomic E-state index is -0.703. The monoisotopic (exact) mass is 358 g/mol. The van der Waals surface area contributed by atoms with E-state index in [1.807, 2.05) is 18.2 Å². The van der Waals surface area contributed by atoms with E-state index in [0.717, 1.165) is 75.8 Å². The average Bonchev–Trinajstić information content (AvgIpc) is 3.06. The quantitative estimate of drug-likeness (QED) is 0.877. The van der Waals surface area contributed by atoms with Gasteiger partial charge in [-0.25, -0.2) is 4.98 Å². The molecule has 26 heavy (non-hydrogen) atoms. The third-order valence-electron chi connectivity index (χ3n) is 5.43. The summed E-state index contributed by atoms with van der Waals surface area (Å²) in [7, 11) is 0. The molecule has 2 aliphatic heterocycles. The van der Waals surface area contributed by atoms with Crippen molar-refractivity contribution in [3.05, 3.63) is 24.3 Å². The van der Waals surface area contributed by atoms with Gasteiger partial charge in [-0.3, -0.25) is 9.69 Å². The number of morpholine rings is 1. The number of carboxylic acid groups (broad SMARTS) is 1. The molecule has 7 nitrogen and oxygen atoms in total. The van der Waals surface area contributed by atoms with Crippen molar-refractivity contribution < 1.29 is 14.6 Å². The lowest BCUT2D eigenvalue weighted by Crippen LogP contribution is -2.41. The number of anilines is 1. The van der Waals surface area contributed by atoms with Crippen LogP contribution in [0.5, 0.6) is 0 Å². The molecule has 4 rings (SSSR count). The van der Waals surface area contributed by atoms with E-state index < -0.39 is 5.97 Å². The first kappa shape index (κ1) is 17.3. The number of nitrogens with zero attached hydrogens (tertiary/aromatic N) is 4. The van der Waals surface area contributed by atoms with Gasteiger partial charge in [0.15, 0.2) is 0 Å². The van der Waals surface area contributed by atoms with Gasteiger partial charge in [0, 0.05) is 39.3 Å². The van der Waals surface area contributed by atoms with E-state index in [2.05, 4.69) is 20.4 Å². The molecule has 2 fully saturated rings. The number of para-hydroxylation sites is 2. The number of aromatic nitrogens is 2. The van der Waals surface area contributed by atoms with Crippen molar-refractivity contribution >= 4 is 23.0 Å². The highest BCUT2D eigenvalue weighted by atomic mass is 16.5. The third kappa shape index (κ3) is 3.54. The Bertz CT molecular complexity index is 769. The third-order valence-corrected chi connectivity index (χ3v) is 5.43. The van der Waals surface area contributed by atoms with Gasteiger partial charge in [0.2, 0.25) is 5.95 Å². The number of rotatable bonds is 5. The Labute approximate surface area is 153 Å². The van der Waals surface area contributed by atoms with Crippen molar-refractivity contribution in [2.45, 2.75) is 19.4 Å². The zero-order chi connectivity index (χ0) is 17.9. The molecule has 1 unspecified atom stereocenters. The average molecular weight is 358 g/mol. The summed E-state index contributed by atoms with van der Waals surface area (Å²) in [4.78, 5) is 20.9. The van der Waals surface area contributed by atoms with Crippen LogP contribution in [0, 0.1) is 5.92 Å². The van der Waals surface area contributed by atoms with Crippen molar-refractivity contribution in [1.29, 1.82) is 0 Å². The van der Waals surface area contributed by atoms with E-state index in [0.29, 0.717) is 6.54 Å². The summed E-state index contributed by atoms with van der Waals surface area (Å²) in [5, 5.41) is 9.41. The minimum absolute atomic E-state index is 0.309. The highest BCUT2D eigenvalue weighted by molar-refractivity contribution is 5.79. The standard InChI is InChI=1S/C19H26N4O3/c24-18(25)15-4-3-7-22(14-15)19-20-16-5-1-2-6-17(16)23(19)9-8-21-10-12-26-13-11-21/h1-2,5-6,15H,3-4,7-14H2,(H,24,25). The zero-order valence-electron chi connectivity index (χ0n) is 15.0. The maximum absolute atomic E-state index is 11.4. The molecule has 3 heterocycles. The Kier molecular flexibility index (Phi) is 5.08. The maximum atomic E-state index is 11.4. The summed E-state index contributed by atoms with van der Waals surface area (Å²) in [5.74, 6) is -0.104. The fraction of sp³-hybridized carbons (Fsp3) is 0.579. The Hall–Kier alpha value is -2.12. The Morgan fingerprint density at radius 2 is 2.00 bits per heavy atom. The summed E-state index contributed by atoms with van der Waals surface area (Å²) < 4.78 is 7.69. The van der Waals surface area contributed by atoms with Gasteiger partial charge < -0.3 is 19.3 Å². The number of imidazole rings is 1. The number of benzene rings is 1. The number of hydrogen-bond acceptors (Lipinski definition) is 5. The second-order valence-electron chi connectivity index (χ2n) is 7.13. The molecule has 1 N–H and O–H groups in total. The van der Waals surface area contributed by atoms with Crippen molar-refractivity contribution in [3.8, 4) is 0 Å². The predicted molar refractivity (Wildman–Crippen MR) is 99.6 cm³/mol. The fourth-order valence-corrected chi connectivity index (χ4v) is 3.95. The molecule has 2 saturated heterocycles. The highest BCUT2D eigenvalue weighted by Crippen LogP contribution is 2.27. The molecule has 0 amide bonds. The van der Waals surface area contributed by atoms with Crippen LogP contribution in [-0.4, -0.2) is 71.5 Å². The second-order valence-corrected chi connectivity index (χ2v) is 7.13. The van der Waals surface area contributed by atoms with Crippen LogP contribution in [0.4, 0.5) is 5.95 Å². The van der Waals surface area contributed by atoms with Crippen LogP contribution in [0.3, 0.4) is 0 Å². The second kappa shape index (κ2) is 7.63. The summed E-state index contributed by atoms with van der Waals surface area (Å²) in [5.41, 5.74) is 2.09. The topological polar surface area (TPSA) is 70.8 Å². The molecule has 2 aromatic rings. The van der Waals surface area contributed by atoms with E-state index >= 15 is 0 Å². The van der Waals surface area contributed by atoms with Crippen molar-refractivity contribution in [2.24, 2.45) is 5.92 Å². The van der Waals surface area contributed by atoms with Gasteiger partial charge in [-0.1, -0.05) is 12.1 Å². The first-order valence-corrected chi connectivity index (χ1v) is 9.45. The molecule has 1 atom stereocenters. The molecule has 2 aliphatic rings. The Balaban J connectivity index is 1.59. The normalized spacial score (nSPS) is 22.0. The smallest absolute Gasteiger partial charge is 0.308 e. The van der Waals surface area contributed by atoms with Crippen LogP contribution in [-0.2, 0) is 16.1 Å². The van der Waals surface area contributed by atoms with Gasteiger partial charge >= 0.3 is 5.97 Å². The van der Waals surface area contributed by atoms with Gasteiger partial charge in [0.05, 0.1) is 30.2 Å². The molecule has 140 valence electrons. The van der Waals surface area contributed by atoms with E-state index in [4.69, 9.17) is 9.72 Å². The number of carbonyl (C=O) groups is 1. The van der Waals surface area contributed by atoms with Gasteiger partial charge in [-0.2, -0.15) is 0 Å².